The Bertz CT molecular complexity index is 1510. The average molecular weight is 509 g/mol. The first-order chi connectivity index (χ1) is 17.8. The van der Waals surface area contributed by atoms with Gasteiger partial charge in [-0.1, -0.05) is 18.2 Å². The van der Waals surface area contributed by atoms with Crippen LogP contribution >= 0.6 is 0 Å². The molecule has 5 rings (SSSR count). The highest BCUT2D eigenvalue weighted by Gasteiger charge is 2.30. The van der Waals surface area contributed by atoms with Gasteiger partial charge < -0.3 is 18.9 Å². The highest BCUT2D eigenvalue weighted by molar-refractivity contribution is 5.84. The number of rotatable bonds is 9. The van der Waals surface area contributed by atoms with E-state index in [4.69, 9.17) is 4.74 Å². The minimum atomic E-state index is -4.39. The van der Waals surface area contributed by atoms with Gasteiger partial charge in [-0.05, 0) is 48.2 Å². The van der Waals surface area contributed by atoms with Crippen LogP contribution < -0.4 is 4.74 Å². The van der Waals surface area contributed by atoms with Gasteiger partial charge >= 0.3 is 6.18 Å². The number of nitrogens with zero attached hydrogens (tertiary/aromatic N) is 5. The average Bonchev–Trinajstić information content (AvgIpc) is 3.58. The number of aromatic amines is 1. The fourth-order valence-corrected chi connectivity index (χ4v) is 4.55. The predicted molar refractivity (Wildman–Crippen MR) is 133 cm³/mol. The number of alkyl halides is 3. The van der Waals surface area contributed by atoms with Crippen LogP contribution in [0.4, 0.5) is 13.2 Å². The molecule has 192 valence electrons. The van der Waals surface area contributed by atoms with Gasteiger partial charge in [-0.25, -0.2) is 4.98 Å². The molecule has 0 amide bonds. The highest BCUT2D eigenvalue weighted by atomic mass is 19.4. The number of methoxy groups -OCH3 is 1. The zero-order valence-electron chi connectivity index (χ0n) is 20.6. The van der Waals surface area contributed by atoms with E-state index in [1.807, 2.05) is 46.8 Å². The second-order valence-corrected chi connectivity index (χ2v) is 9.10. The normalized spacial score (nSPS) is 11.9. The lowest BCUT2D eigenvalue weighted by molar-refractivity contribution is -0.137. The summed E-state index contributed by atoms with van der Waals surface area (Å²) in [6.45, 7) is 0.624. The Balaban J connectivity index is 1.44. The Hall–Kier alpha value is -4.08. The van der Waals surface area contributed by atoms with Crippen molar-refractivity contribution in [3.8, 4) is 5.75 Å². The van der Waals surface area contributed by atoms with Gasteiger partial charge in [0.05, 0.1) is 24.7 Å². The summed E-state index contributed by atoms with van der Waals surface area (Å²) in [4.78, 5) is 7.67. The van der Waals surface area contributed by atoms with Crippen LogP contribution in [0.2, 0.25) is 0 Å². The molecular weight excluding hydrogens is 481 g/mol. The van der Waals surface area contributed by atoms with Gasteiger partial charge in [-0.3, -0.25) is 0 Å². The fourth-order valence-electron chi connectivity index (χ4n) is 4.55. The Morgan fingerprint density at radius 1 is 1.03 bits per heavy atom. The summed E-state index contributed by atoms with van der Waals surface area (Å²) in [5, 5.41) is 9.90. The van der Waals surface area contributed by atoms with Crippen LogP contribution in [-0.4, -0.2) is 36.4 Å². The van der Waals surface area contributed by atoms with Crippen LogP contribution in [0.3, 0.4) is 0 Å². The number of hydrogen-bond acceptors (Lipinski definition) is 4. The molecule has 0 fully saturated rings. The summed E-state index contributed by atoms with van der Waals surface area (Å²) >= 11 is 0. The summed E-state index contributed by atoms with van der Waals surface area (Å²) in [7, 11) is 3.56. The SMILES string of the molecule is COc1ccc2[nH]cc(Cc3nnc(Cc4cccc(C(F)(F)F)c4)n3CCCc3cn(C)cn3)c2c1. The zero-order chi connectivity index (χ0) is 26.0. The van der Waals surface area contributed by atoms with Gasteiger partial charge in [-0.2, -0.15) is 13.2 Å². The Labute approximate surface area is 211 Å². The first-order valence-electron chi connectivity index (χ1n) is 12.0. The highest BCUT2D eigenvalue weighted by Crippen LogP contribution is 2.30. The third-order valence-electron chi connectivity index (χ3n) is 6.42. The van der Waals surface area contributed by atoms with E-state index in [2.05, 4.69) is 20.2 Å². The molecule has 7 nitrogen and oxygen atoms in total. The fraction of sp³-hybridized carbons (Fsp3) is 0.296. The van der Waals surface area contributed by atoms with Crippen molar-refractivity contribution in [3.63, 3.8) is 0 Å². The summed E-state index contributed by atoms with van der Waals surface area (Å²) < 4.78 is 49.1. The number of nitrogens with one attached hydrogen (secondary N) is 1. The Kier molecular flexibility index (Phi) is 6.73. The number of H-pyrrole nitrogens is 1. The molecule has 0 atom stereocenters. The van der Waals surface area contributed by atoms with Crippen LogP contribution in [0.25, 0.3) is 10.9 Å². The maximum Gasteiger partial charge on any atom is 0.416 e. The van der Waals surface area contributed by atoms with Crippen molar-refractivity contribution in [1.82, 2.24) is 29.3 Å². The van der Waals surface area contributed by atoms with Crippen molar-refractivity contribution < 1.29 is 17.9 Å². The largest absolute Gasteiger partial charge is 0.497 e. The van der Waals surface area contributed by atoms with Crippen molar-refractivity contribution in [2.75, 3.05) is 7.11 Å². The summed E-state index contributed by atoms with van der Waals surface area (Å²) in [5.74, 6) is 2.15. The van der Waals surface area contributed by atoms with Crippen LogP contribution in [0.15, 0.2) is 61.2 Å². The molecule has 0 spiro atoms. The number of benzene rings is 2. The van der Waals surface area contributed by atoms with Gasteiger partial charge in [0, 0.05) is 49.7 Å². The minimum Gasteiger partial charge on any atom is -0.497 e. The van der Waals surface area contributed by atoms with Crippen LogP contribution in [-0.2, 0) is 39.0 Å². The second kappa shape index (κ2) is 10.1. The molecule has 1 N–H and O–H groups in total. The van der Waals surface area contributed by atoms with Gasteiger partial charge in [0.1, 0.15) is 17.4 Å². The van der Waals surface area contributed by atoms with Crippen LogP contribution in [0.1, 0.15) is 40.5 Å². The summed E-state index contributed by atoms with van der Waals surface area (Å²) in [5.41, 5.74) is 2.88. The molecule has 0 aliphatic rings. The van der Waals surface area contributed by atoms with E-state index < -0.39 is 11.7 Å². The van der Waals surface area contributed by atoms with Crippen molar-refractivity contribution in [1.29, 1.82) is 0 Å². The molecule has 0 unspecified atom stereocenters. The lowest BCUT2D eigenvalue weighted by atomic mass is 10.1. The molecule has 37 heavy (non-hydrogen) atoms. The monoisotopic (exact) mass is 508 g/mol. The predicted octanol–water partition coefficient (Wildman–Crippen LogP) is 5.33. The van der Waals surface area contributed by atoms with Gasteiger partial charge in [0.15, 0.2) is 0 Å². The zero-order valence-corrected chi connectivity index (χ0v) is 20.6. The van der Waals surface area contributed by atoms with Gasteiger partial charge in [-0.15, -0.1) is 10.2 Å². The van der Waals surface area contributed by atoms with E-state index in [0.717, 1.165) is 52.6 Å². The Morgan fingerprint density at radius 2 is 1.84 bits per heavy atom. The smallest absolute Gasteiger partial charge is 0.416 e. The number of ether oxygens (including phenoxy) is 1. The number of hydrogen-bond donors (Lipinski definition) is 1. The minimum absolute atomic E-state index is 0.252. The topological polar surface area (TPSA) is 73.5 Å². The van der Waals surface area contributed by atoms with E-state index in [-0.39, 0.29) is 6.42 Å². The molecule has 3 aromatic heterocycles. The van der Waals surface area contributed by atoms with E-state index in [1.165, 1.54) is 12.1 Å². The van der Waals surface area contributed by atoms with Gasteiger partial charge in [0.25, 0.3) is 0 Å². The number of aromatic nitrogens is 6. The van der Waals surface area contributed by atoms with Crippen molar-refractivity contribution in [2.45, 2.75) is 38.4 Å². The molecule has 2 aromatic carbocycles. The number of halogens is 3. The third kappa shape index (κ3) is 5.52. The molecule has 0 saturated heterocycles. The van der Waals surface area contributed by atoms with Gasteiger partial charge in [0.2, 0.25) is 0 Å². The first-order valence-corrected chi connectivity index (χ1v) is 12.0. The molecule has 3 heterocycles. The quantitative estimate of drug-likeness (QED) is 0.292. The van der Waals surface area contributed by atoms with E-state index in [9.17, 15) is 13.2 Å². The molecule has 10 heteroatoms. The maximum absolute atomic E-state index is 13.3. The third-order valence-corrected chi connectivity index (χ3v) is 6.42. The molecule has 0 radical (unpaired) electrons. The Morgan fingerprint density at radius 3 is 2.57 bits per heavy atom. The molecule has 5 aromatic rings. The van der Waals surface area contributed by atoms with E-state index in [1.54, 1.807) is 19.5 Å². The molecule has 0 saturated carbocycles. The number of aryl methyl sites for hydroxylation is 2. The van der Waals surface area contributed by atoms with Crippen molar-refractivity contribution >= 4 is 10.9 Å². The molecule has 0 bridgehead atoms. The molecular formula is C27H27F3N6O. The van der Waals surface area contributed by atoms with Crippen LogP contribution in [0, 0.1) is 0 Å². The van der Waals surface area contributed by atoms with E-state index in [0.29, 0.717) is 24.4 Å². The summed E-state index contributed by atoms with van der Waals surface area (Å²) in [6, 6.07) is 11.2. The number of imidazole rings is 1. The molecule has 0 aliphatic carbocycles. The molecule has 0 aliphatic heterocycles. The van der Waals surface area contributed by atoms with Crippen LogP contribution in [0.5, 0.6) is 5.75 Å². The second-order valence-electron chi connectivity index (χ2n) is 9.10. The van der Waals surface area contributed by atoms with Crippen molar-refractivity contribution in [3.05, 3.63) is 95.2 Å². The maximum atomic E-state index is 13.3. The number of fused-ring (bicyclic) bond motifs is 1. The lowest BCUT2D eigenvalue weighted by Crippen LogP contribution is -2.11. The standard InChI is InChI=1S/C27H27F3N6O/c1-35-16-21(32-17-35)7-4-10-36-25(12-18-5-3-6-20(11-18)27(28,29)30)33-34-26(36)13-19-15-31-24-9-8-22(37-2)14-23(19)24/h3,5-6,8-9,11,14-17,31H,4,7,10,12-13H2,1-2H3. The lowest BCUT2D eigenvalue weighted by Gasteiger charge is -2.12. The van der Waals surface area contributed by atoms with E-state index >= 15 is 0 Å². The first kappa shape index (κ1) is 24.6. The van der Waals surface area contributed by atoms with Crippen molar-refractivity contribution in [2.24, 2.45) is 7.05 Å². The summed E-state index contributed by atoms with van der Waals surface area (Å²) in [6.07, 6.45) is 3.64.